The molecule has 92 valence electrons. The summed E-state index contributed by atoms with van der Waals surface area (Å²) in [7, 11) is 0. The van der Waals surface area contributed by atoms with Gasteiger partial charge in [-0.3, -0.25) is 9.69 Å². The van der Waals surface area contributed by atoms with E-state index in [1.165, 1.54) is 5.56 Å². The maximum Gasteiger partial charge on any atom is 0.317 e. The van der Waals surface area contributed by atoms with E-state index in [-0.39, 0.29) is 12.6 Å². The van der Waals surface area contributed by atoms with Crippen molar-refractivity contribution < 1.29 is 9.90 Å². The topological polar surface area (TPSA) is 40.5 Å². The lowest BCUT2D eigenvalue weighted by Crippen LogP contribution is -2.35. The van der Waals surface area contributed by atoms with Crippen LogP contribution >= 0.6 is 0 Å². The fourth-order valence-corrected chi connectivity index (χ4v) is 2.39. The Hall–Kier alpha value is -1.35. The van der Waals surface area contributed by atoms with Crippen molar-refractivity contribution in [2.75, 3.05) is 6.54 Å². The maximum absolute atomic E-state index is 11.0. The Morgan fingerprint density at radius 1 is 1.41 bits per heavy atom. The van der Waals surface area contributed by atoms with Gasteiger partial charge in [-0.15, -0.1) is 0 Å². The van der Waals surface area contributed by atoms with Crippen LogP contribution in [-0.2, 0) is 4.79 Å². The number of benzene rings is 1. The molecule has 1 aromatic rings. The summed E-state index contributed by atoms with van der Waals surface area (Å²) in [5, 5.41) is 9.01. The van der Waals surface area contributed by atoms with Crippen LogP contribution in [-0.4, -0.2) is 28.6 Å². The lowest BCUT2D eigenvalue weighted by molar-refractivity contribution is -0.139. The average Bonchev–Trinajstić information content (AvgIpc) is 3.13. The molecule has 0 heterocycles. The zero-order chi connectivity index (χ0) is 12.3. The molecule has 1 aromatic carbocycles. The molecular formula is C14H19NO2. The number of carboxylic acids is 1. The van der Waals surface area contributed by atoms with Gasteiger partial charge >= 0.3 is 5.97 Å². The van der Waals surface area contributed by atoms with Crippen molar-refractivity contribution in [1.29, 1.82) is 0 Å². The molecule has 0 spiro atoms. The molecule has 2 rings (SSSR count). The van der Waals surface area contributed by atoms with Crippen molar-refractivity contribution in [1.82, 2.24) is 4.90 Å². The summed E-state index contributed by atoms with van der Waals surface area (Å²) in [4.78, 5) is 13.1. The normalized spacial score (nSPS) is 17.1. The minimum Gasteiger partial charge on any atom is -0.480 e. The molecule has 0 aliphatic heterocycles. The standard InChI is InChI=1S/C14H19NO2/c1-2-13(11-6-4-3-5-7-11)15(10-14(16)17)12-8-9-12/h3-7,12-13H,2,8-10H2,1H3,(H,16,17)/t13-/m0/s1. The van der Waals surface area contributed by atoms with E-state index in [0.29, 0.717) is 6.04 Å². The van der Waals surface area contributed by atoms with Crippen LogP contribution in [0.2, 0.25) is 0 Å². The van der Waals surface area contributed by atoms with E-state index in [0.717, 1.165) is 19.3 Å². The van der Waals surface area contributed by atoms with E-state index < -0.39 is 5.97 Å². The van der Waals surface area contributed by atoms with Crippen LogP contribution in [0.3, 0.4) is 0 Å². The van der Waals surface area contributed by atoms with E-state index in [4.69, 9.17) is 5.11 Å². The molecule has 0 saturated heterocycles. The molecule has 1 atom stereocenters. The molecule has 3 nitrogen and oxygen atoms in total. The molecule has 0 amide bonds. The SMILES string of the molecule is CC[C@@H](c1ccccc1)N(CC(=O)O)C1CC1. The van der Waals surface area contributed by atoms with Crippen LogP contribution in [0.25, 0.3) is 0 Å². The Bertz CT molecular complexity index is 373. The van der Waals surface area contributed by atoms with E-state index in [1.54, 1.807) is 0 Å². The third-order valence-electron chi connectivity index (χ3n) is 3.31. The summed E-state index contributed by atoms with van der Waals surface area (Å²) in [6.45, 7) is 2.27. The summed E-state index contributed by atoms with van der Waals surface area (Å²) < 4.78 is 0. The summed E-state index contributed by atoms with van der Waals surface area (Å²) >= 11 is 0. The van der Waals surface area contributed by atoms with E-state index >= 15 is 0 Å². The van der Waals surface area contributed by atoms with Crippen molar-refractivity contribution >= 4 is 5.97 Å². The third kappa shape index (κ3) is 3.07. The first-order valence-corrected chi connectivity index (χ1v) is 6.25. The number of aliphatic carboxylic acids is 1. The Labute approximate surface area is 102 Å². The molecule has 0 radical (unpaired) electrons. The van der Waals surface area contributed by atoms with Crippen LogP contribution in [0.4, 0.5) is 0 Å². The highest BCUT2D eigenvalue weighted by molar-refractivity contribution is 5.69. The third-order valence-corrected chi connectivity index (χ3v) is 3.31. The van der Waals surface area contributed by atoms with Gasteiger partial charge in [0.1, 0.15) is 0 Å². The predicted octanol–water partition coefficient (Wildman–Crippen LogP) is 2.69. The van der Waals surface area contributed by atoms with E-state index in [2.05, 4.69) is 24.0 Å². The molecule has 1 N–H and O–H groups in total. The lowest BCUT2D eigenvalue weighted by Gasteiger charge is -2.30. The van der Waals surface area contributed by atoms with Crippen LogP contribution in [0.1, 0.15) is 37.8 Å². The second-order valence-electron chi connectivity index (χ2n) is 4.63. The van der Waals surface area contributed by atoms with Gasteiger partial charge in [-0.25, -0.2) is 0 Å². The molecule has 3 heteroatoms. The van der Waals surface area contributed by atoms with Crippen molar-refractivity contribution in [2.24, 2.45) is 0 Å². The molecule has 17 heavy (non-hydrogen) atoms. The number of rotatable bonds is 6. The van der Waals surface area contributed by atoms with E-state index in [1.807, 2.05) is 18.2 Å². The molecule has 1 fully saturated rings. The quantitative estimate of drug-likeness (QED) is 0.821. The molecular weight excluding hydrogens is 214 g/mol. The molecule has 0 unspecified atom stereocenters. The number of hydrogen-bond donors (Lipinski definition) is 1. The van der Waals surface area contributed by atoms with Gasteiger partial charge in [0, 0.05) is 12.1 Å². The van der Waals surface area contributed by atoms with Gasteiger partial charge in [-0.1, -0.05) is 37.3 Å². The van der Waals surface area contributed by atoms with Gasteiger partial charge in [0.2, 0.25) is 0 Å². The first kappa shape index (κ1) is 12.1. The fourth-order valence-electron chi connectivity index (χ4n) is 2.39. The van der Waals surface area contributed by atoms with Gasteiger partial charge in [0.05, 0.1) is 6.54 Å². The van der Waals surface area contributed by atoms with Gasteiger partial charge in [-0.2, -0.15) is 0 Å². The van der Waals surface area contributed by atoms with Crippen LogP contribution in [0, 0.1) is 0 Å². The van der Waals surface area contributed by atoms with E-state index in [9.17, 15) is 4.79 Å². The molecule has 0 bridgehead atoms. The Balaban J connectivity index is 2.17. The largest absolute Gasteiger partial charge is 0.480 e. The monoisotopic (exact) mass is 233 g/mol. The van der Waals surface area contributed by atoms with Crippen molar-refractivity contribution in [3.63, 3.8) is 0 Å². The molecule has 0 aromatic heterocycles. The molecule has 1 aliphatic carbocycles. The minimum absolute atomic E-state index is 0.151. The van der Waals surface area contributed by atoms with Gasteiger partial charge in [-0.05, 0) is 24.8 Å². The number of hydrogen-bond acceptors (Lipinski definition) is 2. The maximum atomic E-state index is 11.0. The molecule has 1 saturated carbocycles. The summed E-state index contributed by atoms with van der Waals surface area (Å²) in [5.74, 6) is -0.730. The zero-order valence-corrected chi connectivity index (χ0v) is 10.2. The Morgan fingerprint density at radius 3 is 2.53 bits per heavy atom. The Kier molecular flexibility index (Phi) is 3.79. The molecule has 1 aliphatic rings. The van der Waals surface area contributed by atoms with Crippen LogP contribution < -0.4 is 0 Å². The highest BCUT2D eigenvalue weighted by Crippen LogP contribution is 2.35. The lowest BCUT2D eigenvalue weighted by atomic mass is 10.0. The summed E-state index contributed by atoms with van der Waals surface area (Å²) in [5.41, 5.74) is 1.23. The van der Waals surface area contributed by atoms with Gasteiger partial charge < -0.3 is 5.11 Å². The first-order valence-electron chi connectivity index (χ1n) is 6.25. The summed E-state index contributed by atoms with van der Waals surface area (Å²) in [6, 6.07) is 10.9. The minimum atomic E-state index is -0.730. The highest BCUT2D eigenvalue weighted by Gasteiger charge is 2.34. The second-order valence-corrected chi connectivity index (χ2v) is 4.63. The van der Waals surface area contributed by atoms with Crippen molar-refractivity contribution in [3.8, 4) is 0 Å². The smallest absolute Gasteiger partial charge is 0.317 e. The zero-order valence-electron chi connectivity index (χ0n) is 10.2. The number of carbonyl (C=O) groups is 1. The number of carboxylic acid groups (broad SMARTS) is 1. The van der Waals surface area contributed by atoms with Crippen molar-refractivity contribution in [2.45, 2.75) is 38.3 Å². The number of nitrogens with zero attached hydrogens (tertiary/aromatic N) is 1. The Morgan fingerprint density at radius 2 is 2.06 bits per heavy atom. The van der Waals surface area contributed by atoms with Crippen LogP contribution in [0.15, 0.2) is 30.3 Å². The van der Waals surface area contributed by atoms with Gasteiger partial charge in [0.25, 0.3) is 0 Å². The summed E-state index contributed by atoms with van der Waals surface area (Å²) in [6.07, 6.45) is 3.22. The van der Waals surface area contributed by atoms with Crippen molar-refractivity contribution in [3.05, 3.63) is 35.9 Å². The second kappa shape index (κ2) is 5.32. The van der Waals surface area contributed by atoms with Crippen LogP contribution in [0.5, 0.6) is 0 Å². The van der Waals surface area contributed by atoms with Gasteiger partial charge in [0.15, 0.2) is 0 Å². The fraction of sp³-hybridized carbons (Fsp3) is 0.500. The predicted molar refractivity (Wildman–Crippen MR) is 66.8 cm³/mol. The average molecular weight is 233 g/mol. The highest BCUT2D eigenvalue weighted by atomic mass is 16.4. The first-order chi connectivity index (χ1) is 8.22.